The van der Waals surface area contributed by atoms with E-state index in [1.807, 2.05) is 0 Å². The zero-order valence-corrected chi connectivity index (χ0v) is 48.3. The van der Waals surface area contributed by atoms with Crippen molar-refractivity contribution in [2.45, 2.75) is 172 Å². The number of aliphatic hydroxyl groups excluding tert-OH is 1. The highest BCUT2D eigenvalue weighted by Gasteiger charge is 2.41. The molecule has 32 nitrogen and oxygen atoms in total. The minimum absolute atomic E-state index is 0.0153. The van der Waals surface area contributed by atoms with Crippen LogP contribution in [0, 0.1) is 11.8 Å². The van der Waals surface area contributed by atoms with Gasteiger partial charge in [-0.25, -0.2) is 4.79 Å². The van der Waals surface area contributed by atoms with Crippen molar-refractivity contribution in [3.05, 3.63) is 35.9 Å². The molecule has 1 aromatic rings. The molecule has 0 spiro atoms. The minimum Gasteiger partial charge on any atom is -0.481 e. The van der Waals surface area contributed by atoms with Crippen LogP contribution in [0.15, 0.2) is 35.3 Å². The van der Waals surface area contributed by atoms with Crippen molar-refractivity contribution >= 4 is 82.9 Å². The number of primary amides is 2. The fourth-order valence-corrected chi connectivity index (χ4v) is 8.95. The molecule has 0 saturated carbocycles. The molecule has 0 aliphatic carbocycles. The first-order chi connectivity index (χ1) is 40.0. The number of amides is 11. The standard InChI is InChI=1S/C53H86N16O16/c1-27(2)20-33(64-46(78)34(21-28(3)4)65-47(79)35(63-43(75)30(55)26-70)22-29-12-6-5-7-13-29)45(77)61-31(15-10-18-60-53(58)59)44(76)68-38(24-41(57)72)51(83)69-19-11-16-39(69)50(82)67-36(23-40(56)71)48(80)66-37(25-42(73)74)49(81)62-32(52(84)85)14-8-9-17-54/h5-7,12-13,27-28,30-39,70H,8-11,14-26,54-55H2,1-4H3,(H2,56,71)(H2,57,72)(H,61,77)(H,62,81)(H,63,75)(H,64,78)(H,65,79)(H,66,80)(H,67,82)(H,68,76)(H,73,74)(H,84,85)(H4,58,59,60)/t30-,31-,32-,33-,34-,35-,36-,37-,38-,39-/m0/s1. The fourth-order valence-electron chi connectivity index (χ4n) is 8.95. The largest absolute Gasteiger partial charge is 0.481 e. The number of carboxylic acid groups (broad SMARTS) is 2. The summed E-state index contributed by atoms with van der Waals surface area (Å²) in [6, 6.07) is -6.79. The monoisotopic (exact) mass is 1200 g/mol. The molecule has 0 bridgehead atoms. The molecule has 23 N–H and O–H groups in total. The molecular weight excluding hydrogens is 1120 g/mol. The topological polar surface area (TPSA) is 551 Å². The van der Waals surface area contributed by atoms with Gasteiger partial charge in [-0.3, -0.25) is 62.5 Å². The summed E-state index contributed by atoms with van der Waals surface area (Å²) >= 11 is 0. The number of hydrogen-bond acceptors (Lipinski definition) is 17. The van der Waals surface area contributed by atoms with E-state index >= 15 is 0 Å². The Labute approximate surface area is 491 Å². The third kappa shape index (κ3) is 26.7. The predicted octanol–water partition coefficient (Wildman–Crippen LogP) is -6.00. The molecular formula is C53H86N16O16. The van der Waals surface area contributed by atoms with E-state index in [1.54, 1.807) is 58.0 Å². The highest BCUT2D eigenvalue weighted by Crippen LogP contribution is 2.21. The van der Waals surface area contributed by atoms with Gasteiger partial charge in [-0.1, -0.05) is 58.0 Å². The Bertz CT molecular complexity index is 2520. The Morgan fingerprint density at radius 3 is 1.54 bits per heavy atom. The summed E-state index contributed by atoms with van der Waals surface area (Å²) in [6.45, 7) is 6.34. The average molecular weight is 1200 g/mol. The summed E-state index contributed by atoms with van der Waals surface area (Å²) in [5.74, 6) is -15.1. The van der Waals surface area contributed by atoms with Crippen LogP contribution in [-0.2, 0) is 68.7 Å². The van der Waals surface area contributed by atoms with E-state index in [9.17, 15) is 77.6 Å². The molecule has 1 saturated heterocycles. The maximum Gasteiger partial charge on any atom is 0.326 e. The maximum atomic E-state index is 14.4. The van der Waals surface area contributed by atoms with Gasteiger partial charge in [-0.05, 0) is 81.7 Å². The molecule has 85 heavy (non-hydrogen) atoms. The first-order valence-corrected chi connectivity index (χ1v) is 27.9. The quantitative estimate of drug-likeness (QED) is 0.0166. The van der Waals surface area contributed by atoms with E-state index < -0.39 is 163 Å². The molecule has 2 rings (SSSR count). The smallest absolute Gasteiger partial charge is 0.326 e. The molecule has 1 aliphatic rings. The normalized spacial score (nSPS) is 16.1. The summed E-state index contributed by atoms with van der Waals surface area (Å²) in [5.41, 5.74) is 33.8. The fraction of sp³-hybridized carbons (Fsp3) is 0.623. The molecule has 474 valence electrons. The number of nitrogens with one attached hydrogen (secondary N) is 8. The lowest BCUT2D eigenvalue weighted by Crippen LogP contribution is -2.61. The van der Waals surface area contributed by atoms with Gasteiger partial charge in [0.2, 0.25) is 65.0 Å². The summed E-state index contributed by atoms with van der Waals surface area (Å²) in [7, 11) is 0. The Balaban J connectivity index is 2.46. The number of likely N-dealkylation sites (tertiary alicyclic amines) is 1. The number of carboxylic acids is 2. The second-order valence-corrected chi connectivity index (χ2v) is 21.4. The molecule has 1 fully saturated rings. The lowest BCUT2D eigenvalue weighted by Gasteiger charge is -2.31. The number of rotatable bonds is 39. The molecule has 0 unspecified atom stereocenters. The number of benzene rings is 1. The zero-order valence-electron chi connectivity index (χ0n) is 48.3. The lowest BCUT2D eigenvalue weighted by molar-refractivity contribution is -0.144. The van der Waals surface area contributed by atoms with Crippen LogP contribution in [0.1, 0.15) is 110 Å². The highest BCUT2D eigenvalue weighted by atomic mass is 16.4. The van der Waals surface area contributed by atoms with Gasteiger partial charge >= 0.3 is 11.9 Å². The van der Waals surface area contributed by atoms with Crippen LogP contribution in [0.5, 0.6) is 0 Å². The van der Waals surface area contributed by atoms with E-state index in [0.29, 0.717) is 12.0 Å². The Morgan fingerprint density at radius 1 is 0.576 bits per heavy atom. The summed E-state index contributed by atoms with van der Waals surface area (Å²) in [6.07, 6.45) is -2.36. The number of hydrogen-bond donors (Lipinski definition) is 17. The van der Waals surface area contributed by atoms with Crippen LogP contribution in [0.25, 0.3) is 0 Å². The van der Waals surface area contributed by atoms with Gasteiger partial charge < -0.3 is 97.2 Å². The predicted molar refractivity (Wildman–Crippen MR) is 305 cm³/mol. The maximum absolute atomic E-state index is 14.4. The number of carbonyl (C=O) groups excluding carboxylic acids is 11. The van der Waals surface area contributed by atoms with Crippen LogP contribution < -0.4 is 76.9 Å². The Morgan fingerprint density at radius 2 is 1.04 bits per heavy atom. The van der Waals surface area contributed by atoms with Gasteiger partial charge in [0.15, 0.2) is 5.96 Å². The molecule has 1 heterocycles. The second kappa shape index (κ2) is 36.9. The number of unbranched alkanes of at least 4 members (excludes halogenated alkanes) is 1. The lowest BCUT2D eigenvalue weighted by atomic mass is 9.98. The zero-order chi connectivity index (χ0) is 64.1. The third-order valence-corrected chi connectivity index (χ3v) is 13.2. The molecule has 1 aromatic carbocycles. The van der Waals surface area contributed by atoms with Crippen LogP contribution in [0.3, 0.4) is 0 Å². The van der Waals surface area contributed by atoms with Gasteiger partial charge in [0, 0.05) is 19.5 Å². The van der Waals surface area contributed by atoms with Crippen molar-refractivity contribution in [2.75, 3.05) is 26.2 Å². The number of guanidine groups is 1. The van der Waals surface area contributed by atoms with E-state index in [2.05, 4.69) is 47.5 Å². The minimum atomic E-state index is -1.93. The molecule has 11 amide bonds. The number of nitrogens with zero attached hydrogens (tertiary/aromatic N) is 2. The van der Waals surface area contributed by atoms with Gasteiger partial charge in [0.25, 0.3) is 0 Å². The number of aliphatic imine (C=N–C) groups is 1. The third-order valence-electron chi connectivity index (χ3n) is 13.2. The molecule has 32 heteroatoms. The van der Waals surface area contributed by atoms with Crippen molar-refractivity contribution in [3.8, 4) is 0 Å². The average Bonchev–Trinajstić information content (AvgIpc) is 3.85. The van der Waals surface area contributed by atoms with Crippen molar-refractivity contribution in [3.63, 3.8) is 0 Å². The molecule has 0 radical (unpaired) electrons. The van der Waals surface area contributed by atoms with Crippen LogP contribution in [-0.4, -0.2) is 190 Å². The summed E-state index contributed by atoms with van der Waals surface area (Å²) in [5, 5.41) is 48.2. The highest BCUT2D eigenvalue weighted by molar-refractivity contribution is 6.00. The van der Waals surface area contributed by atoms with Crippen LogP contribution in [0.2, 0.25) is 0 Å². The molecule has 1 aliphatic heterocycles. The SMILES string of the molecule is CC(C)C[C@H](NC(=O)[C@H](CC(C)C)NC(=O)[C@H](Cc1ccccc1)NC(=O)[C@@H](N)CO)C(=O)N[C@@H](CCCN=C(N)N)C(=O)N[C@@H](CC(N)=O)C(=O)N1CCC[C@H]1C(=O)N[C@@H](CC(N)=O)C(=O)N[C@@H](CC(=O)O)C(=O)N[C@@H](CCCCN)C(=O)O. The Kier molecular flexibility index (Phi) is 31.5. The number of aliphatic hydroxyl groups is 1. The van der Waals surface area contributed by atoms with Crippen molar-refractivity contribution in [1.82, 2.24) is 47.4 Å². The number of nitrogens with two attached hydrogens (primary N) is 6. The van der Waals surface area contributed by atoms with E-state index in [1.165, 1.54) is 0 Å². The van der Waals surface area contributed by atoms with Crippen molar-refractivity contribution in [1.29, 1.82) is 0 Å². The molecule has 0 aromatic heterocycles. The number of carbonyl (C=O) groups is 13. The van der Waals surface area contributed by atoms with Gasteiger partial charge in [0.1, 0.15) is 60.4 Å². The number of aliphatic carboxylic acids is 2. The summed E-state index contributed by atoms with van der Waals surface area (Å²) in [4.78, 5) is 178. The van der Waals surface area contributed by atoms with Gasteiger partial charge in [0.05, 0.1) is 25.9 Å². The van der Waals surface area contributed by atoms with Crippen LogP contribution >= 0.6 is 0 Å². The van der Waals surface area contributed by atoms with Crippen molar-refractivity contribution in [2.24, 2.45) is 51.2 Å². The summed E-state index contributed by atoms with van der Waals surface area (Å²) < 4.78 is 0. The Hall–Kier alpha value is -8.52. The molecule has 10 atom stereocenters. The van der Waals surface area contributed by atoms with Crippen molar-refractivity contribution < 1.29 is 77.6 Å². The van der Waals surface area contributed by atoms with E-state index in [0.717, 1.165) is 4.90 Å². The van der Waals surface area contributed by atoms with Crippen LogP contribution in [0.4, 0.5) is 0 Å². The van der Waals surface area contributed by atoms with E-state index in [4.69, 9.17) is 34.4 Å². The van der Waals surface area contributed by atoms with Gasteiger partial charge in [-0.15, -0.1) is 0 Å². The van der Waals surface area contributed by atoms with E-state index in [-0.39, 0.29) is 95.2 Å². The first kappa shape index (κ1) is 72.6. The second-order valence-electron chi connectivity index (χ2n) is 21.4. The van der Waals surface area contributed by atoms with Gasteiger partial charge in [-0.2, -0.15) is 0 Å². The first-order valence-electron chi connectivity index (χ1n) is 27.9.